The van der Waals surface area contributed by atoms with E-state index >= 15 is 0 Å². The Morgan fingerprint density at radius 1 is 0.267 bits per heavy atom. The normalized spacial score (nSPS) is 12.8. The molecular weight excluding hydrogens is 1650 g/mol. The van der Waals surface area contributed by atoms with E-state index in [1.807, 2.05) is 0 Å². The summed E-state index contributed by atoms with van der Waals surface area (Å²) in [5.74, 6) is -0.281. The van der Waals surface area contributed by atoms with Gasteiger partial charge in [0.25, 0.3) is 0 Å². The first-order valence-corrected chi connectivity index (χ1v) is 50.7. The van der Waals surface area contributed by atoms with Crippen molar-refractivity contribution >= 4 is 77.5 Å². The summed E-state index contributed by atoms with van der Waals surface area (Å²) in [6.07, 6.45) is 0.373. The van der Waals surface area contributed by atoms with Crippen molar-refractivity contribution in [3.05, 3.63) is 212 Å². The summed E-state index contributed by atoms with van der Waals surface area (Å²) in [5.41, 5.74) is 5.33. The Bertz CT molecular complexity index is 4300. The third-order valence-corrected chi connectivity index (χ3v) is 30.2. The molecule has 8 aromatic carbocycles. The van der Waals surface area contributed by atoms with Gasteiger partial charge in [-0.3, -0.25) is 0 Å². The maximum Gasteiger partial charge on any atom is 0.126 e. The summed E-state index contributed by atoms with van der Waals surface area (Å²) in [4.78, 5) is 3.43. The number of fused-ring (bicyclic) bond motifs is 8. The van der Waals surface area contributed by atoms with Crippen LogP contribution in [0.4, 0.5) is 0 Å². The fraction of sp³-hybridized carbons (Fsp3) is 0.467. The Morgan fingerprint density at radius 2 is 0.433 bits per heavy atom. The lowest BCUT2D eigenvalue weighted by Crippen LogP contribution is -3.10. The Kier molecular flexibility index (Phi) is 39.8. The van der Waals surface area contributed by atoms with E-state index < -0.39 is 102 Å². The SMILES string of the molecule is CCOCCOc1c2cc(S(=O)(=O)[O-])cc1Cc1cc(S(=O)(=O)[O-])cc(c1OCCOCC)Cc1cc(S(=O)(=O)[O-])cc(c1OCCOCC)Cc1cc(S(=O)(=O)[O-])cc(c1OCCOCC)C2.CC[NH+](CC)Cc1ccc(P(CCP(c2ccc(C[NH+](CC)CC)cc2)c2ccc(C[NH+](CC)CC)cc2)c2ccc(C[NH+](CC)CC)cc2)cc1. The Balaban J connectivity index is 0.000000310. The molecule has 1 aliphatic carbocycles. The van der Waals surface area contributed by atoms with Crippen molar-refractivity contribution in [2.24, 2.45) is 0 Å². The lowest BCUT2D eigenvalue weighted by atomic mass is 9.91. The summed E-state index contributed by atoms with van der Waals surface area (Å²) in [6, 6.07) is 47.1. The number of rotatable bonds is 47. The van der Waals surface area contributed by atoms with E-state index in [0.717, 1.165) is 74.7 Å². The molecule has 0 fully saturated rings. The minimum absolute atomic E-state index is 0.00443. The molecule has 0 spiro atoms. The van der Waals surface area contributed by atoms with Crippen molar-refractivity contribution in [3.63, 3.8) is 0 Å². The van der Waals surface area contributed by atoms with E-state index in [2.05, 4.69) is 152 Å². The van der Waals surface area contributed by atoms with Crippen molar-refractivity contribution in [3.8, 4) is 23.0 Å². The van der Waals surface area contributed by atoms with Gasteiger partial charge in [-0.1, -0.05) is 97.1 Å². The van der Waals surface area contributed by atoms with Crippen LogP contribution in [0.2, 0.25) is 0 Å². The van der Waals surface area contributed by atoms with Crippen LogP contribution in [-0.2, 0) is 111 Å². The van der Waals surface area contributed by atoms with Crippen LogP contribution in [0.1, 0.15) is 150 Å². The highest BCUT2D eigenvalue weighted by molar-refractivity contribution is 7.86. The van der Waals surface area contributed by atoms with E-state index in [9.17, 15) is 51.9 Å². The maximum atomic E-state index is 12.9. The predicted molar refractivity (Wildman–Crippen MR) is 468 cm³/mol. The van der Waals surface area contributed by atoms with Crippen molar-refractivity contribution in [1.82, 2.24) is 0 Å². The minimum Gasteiger partial charge on any atom is -0.744 e. The molecule has 0 radical (unpaired) electrons. The van der Waals surface area contributed by atoms with Crippen LogP contribution >= 0.6 is 15.8 Å². The zero-order chi connectivity index (χ0) is 87.2. The second-order valence-electron chi connectivity index (χ2n) is 29.5. The van der Waals surface area contributed by atoms with Crippen LogP contribution in [0.3, 0.4) is 0 Å². The molecular formula is C90H124N4O20P2S4. The molecule has 30 heteroatoms. The Labute approximate surface area is 716 Å². The van der Waals surface area contributed by atoms with Crippen LogP contribution in [-0.4, -0.2) is 196 Å². The summed E-state index contributed by atoms with van der Waals surface area (Å²) >= 11 is 0. The van der Waals surface area contributed by atoms with Crippen molar-refractivity contribution in [1.29, 1.82) is 0 Å². The van der Waals surface area contributed by atoms with Gasteiger partial charge in [-0.2, -0.15) is 0 Å². The molecule has 0 aromatic heterocycles. The summed E-state index contributed by atoms with van der Waals surface area (Å²) in [5, 5.41) is 6.06. The largest absolute Gasteiger partial charge is 0.744 e. The molecule has 0 amide bonds. The third-order valence-electron chi connectivity index (χ3n) is 21.6. The molecule has 0 aliphatic heterocycles. The minimum atomic E-state index is -5.30. The Morgan fingerprint density at radius 3 is 0.575 bits per heavy atom. The van der Waals surface area contributed by atoms with Gasteiger partial charge in [-0.25, -0.2) is 33.7 Å². The highest BCUT2D eigenvalue weighted by Gasteiger charge is 2.29. The van der Waals surface area contributed by atoms with Gasteiger partial charge in [0, 0.05) is 119 Å². The van der Waals surface area contributed by atoms with Crippen LogP contribution in [0.15, 0.2) is 165 Å². The zero-order valence-electron chi connectivity index (χ0n) is 71.8. The number of ether oxygens (including phenoxy) is 8. The number of hydrogen-bond donors (Lipinski definition) is 4. The smallest absolute Gasteiger partial charge is 0.126 e. The summed E-state index contributed by atoms with van der Waals surface area (Å²) in [7, 11) is -22.2. The fourth-order valence-electron chi connectivity index (χ4n) is 14.8. The summed E-state index contributed by atoms with van der Waals surface area (Å²) < 4.78 is 202. The average Bonchev–Trinajstić information content (AvgIpc) is 0.758. The van der Waals surface area contributed by atoms with Gasteiger partial charge in [0.05, 0.1) is 98.4 Å². The first kappa shape index (κ1) is 98.6. The molecule has 658 valence electrons. The van der Waals surface area contributed by atoms with E-state index in [-0.39, 0.29) is 147 Å². The third kappa shape index (κ3) is 29.4. The van der Waals surface area contributed by atoms with Crippen LogP contribution in [0, 0.1) is 0 Å². The molecule has 8 aromatic rings. The van der Waals surface area contributed by atoms with Crippen LogP contribution < -0.4 is 59.8 Å². The van der Waals surface area contributed by atoms with Crippen molar-refractivity contribution in [2.45, 2.75) is 155 Å². The molecule has 120 heavy (non-hydrogen) atoms. The highest BCUT2D eigenvalue weighted by Crippen LogP contribution is 2.45. The van der Waals surface area contributed by atoms with Gasteiger partial charge in [-0.05, 0) is 181 Å². The van der Waals surface area contributed by atoms with Gasteiger partial charge in [-0.15, -0.1) is 0 Å². The van der Waals surface area contributed by atoms with Crippen LogP contribution in [0.25, 0.3) is 0 Å². The number of hydrogen-bond acceptors (Lipinski definition) is 20. The van der Waals surface area contributed by atoms with Gasteiger partial charge in [0.1, 0.15) is 116 Å². The summed E-state index contributed by atoms with van der Waals surface area (Å²) in [6.45, 7) is 39.6. The van der Waals surface area contributed by atoms with E-state index in [0.29, 0.717) is 0 Å². The fourth-order valence-corrected chi connectivity index (χ4v) is 22.4. The molecule has 0 saturated carbocycles. The highest BCUT2D eigenvalue weighted by atomic mass is 32.2. The molecule has 0 unspecified atom stereocenters. The molecule has 1 aliphatic rings. The first-order valence-electron chi connectivity index (χ1n) is 42.0. The van der Waals surface area contributed by atoms with E-state index in [1.54, 1.807) is 47.3 Å². The van der Waals surface area contributed by atoms with E-state index in [1.165, 1.54) is 108 Å². The average molecular weight is 1770 g/mol. The molecule has 0 atom stereocenters. The molecule has 24 nitrogen and oxygen atoms in total. The number of benzene rings is 8. The molecule has 0 heterocycles. The number of nitrogens with one attached hydrogen (secondary N) is 4. The molecule has 8 bridgehead atoms. The van der Waals surface area contributed by atoms with E-state index in [4.69, 9.17) is 37.9 Å². The second-order valence-corrected chi connectivity index (χ2v) is 39.7. The van der Waals surface area contributed by atoms with Crippen molar-refractivity contribution < 1.29 is 109 Å². The number of quaternary nitrogens is 4. The lowest BCUT2D eigenvalue weighted by molar-refractivity contribution is -0.910. The molecule has 9 rings (SSSR count). The van der Waals surface area contributed by atoms with Crippen molar-refractivity contribution in [2.75, 3.05) is 144 Å². The quantitative estimate of drug-likeness (QED) is 0.0177. The van der Waals surface area contributed by atoms with Gasteiger partial charge in [0.2, 0.25) is 0 Å². The topological polar surface area (TPSA) is 320 Å². The van der Waals surface area contributed by atoms with Gasteiger partial charge >= 0.3 is 0 Å². The van der Waals surface area contributed by atoms with Gasteiger partial charge < -0.3 is 75.7 Å². The maximum absolute atomic E-state index is 12.9. The Hall–Kier alpha value is -6.86. The predicted octanol–water partition coefficient (Wildman–Crippen LogP) is 6.59. The zero-order valence-corrected chi connectivity index (χ0v) is 76.8. The monoisotopic (exact) mass is 1770 g/mol. The van der Waals surface area contributed by atoms with Gasteiger partial charge in [0.15, 0.2) is 0 Å². The molecule has 4 N–H and O–H groups in total. The molecule has 0 saturated heterocycles. The van der Waals surface area contributed by atoms with Crippen LogP contribution in [0.5, 0.6) is 23.0 Å². The first-order chi connectivity index (χ1) is 57.5. The standard InChI is InChI=1S/C46H68N4P2.C44H56O20S4/c1-9-47(10-2)35-39-17-25-43(26-18-39)51(44-27-19-40(20-28-44)36-48(11-3)12-4)33-34-52(45-29-21-41(22-30-45)37-49(13-5)14-6)46-31-23-42(24-32-46)38-50(15-7)16-8;1-5-57-9-13-61-41-29-17-31-23-38(66(48,49)50)25-33(42(31)62-14-10-58-6-2)19-35-27-40(68(54,55)56)28-36(44(35)64-16-12-60-8-4)20-34-26-39(67(51,52)53)24-32(43(34)63-15-11-59-7-3)18-30(41)22-37(21-29)65(45,46)47/h17-32H,9-16,33-38H2,1-8H3;21-28H,5-20H2,1-4H3,(H,45,46,47)(H,48,49,50)(H,51,52,53)(H,54,55,56). The second kappa shape index (κ2) is 48.4. The lowest BCUT2D eigenvalue weighted by Gasteiger charge is -2.25.